The largest absolute Gasteiger partial charge is 0.478 e. The molecule has 0 saturated carbocycles. The molecule has 0 saturated heterocycles. The molecule has 17 heavy (non-hydrogen) atoms. The van der Waals surface area contributed by atoms with E-state index in [0.717, 1.165) is 0 Å². The van der Waals surface area contributed by atoms with Gasteiger partial charge in [-0.25, -0.2) is 13.2 Å². The zero-order valence-corrected chi connectivity index (χ0v) is 10.7. The minimum Gasteiger partial charge on any atom is -0.478 e. The van der Waals surface area contributed by atoms with E-state index < -0.39 is 16.0 Å². The van der Waals surface area contributed by atoms with E-state index >= 15 is 0 Å². The fourth-order valence-corrected chi connectivity index (χ4v) is 2.64. The summed E-state index contributed by atoms with van der Waals surface area (Å²) in [7, 11) is -3.39. The molecule has 94 valence electrons. The third-order valence-corrected chi connectivity index (χ3v) is 3.75. The van der Waals surface area contributed by atoms with E-state index in [2.05, 4.69) is 4.72 Å². The molecule has 2 N–H and O–H groups in total. The van der Waals surface area contributed by atoms with Crippen LogP contribution in [0.2, 0.25) is 5.02 Å². The summed E-state index contributed by atoms with van der Waals surface area (Å²) in [5.74, 6) is -1.15. The predicted octanol–water partition coefficient (Wildman–Crippen LogP) is 2.19. The highest BCUT2D eigenvalue weighted by molar-refractivity contribution is 7.92. The van der Waals surface area contributed by atoms with Gasteiger partial charge in [0.05, 0.1) is 16.3 Å². The van der Waals surface area contributed by atoms with Crippen molar-refractivity contribution in [3.8, 4) is 0 Å². The molecule has 0 aromatic heterocycles. The van der Waals surface area contributed by atoms with Gasteiger partial charge in [0.25, 0.3) is 0 Å². The van der Waals surface area contributed by atoms with Gasteiger partial charge < -0.3 is 5.11 Å². The number of carboxylic acids is 1. The molecule has 1 aromatic rings. The number of benzene rings is 1. The van der Waals surface area contributed by atoms with Crippen LogP contribution in [0.15, 0.2) is 18.2 Å². The Morgan fingerprint density at radius 2 is 2.12 bits per heavy atom. The second-order valence-electron chi connectivity index (χ2n) is 3.42. The maximum Gasteiger partial charge on any atom is 0.337 e. The second-order valence-corrected chi connectivity index (χ2v) is 5.67. The van der Waals surface area contributed by atoms with Crippen molar-refractivity contribution in [2.75, 3.05) is 10.5 Å². The first kappa shape index (κ1) is 13.8. The van der Waals surface area contributed by atoms with Crippen LogP contribution in [-0.2, 0) is 10.0 Å². The summed E-state index contributed by atoms with van der Waals surface area (Å²) >= 11 is 5.71. The number of halogens is 1. The summed E-state index contributed by atoms with van der Waals surface area (Å²) in [6, 6.07) is 3.90. The first-order valence-corrected chi connectivity index (χ1v) is 6.92. The van der Waals surface area contributed by atoms with Gasteiger partial charge in [-0.15, -0.1) is 0 Å². The molecule has 0 aliphatic carbocycles. The van der Waals surface area contributed by atoms with E-state index in [4.69, 9.17) is 16.7 Å². The zero-order chi connectivity index (χ0) is 13.1. The Hall–Kier alpha value is -1.27. The molecule has 0 aliphatic rings. The lowest BCUT2D eigenvalue weighted by atomic mass is 10.2. The molecule has 0 aliphatic heterocycles. The van der Waals surface area contributed by atoms with Gasteiger partial charge >= 0.3 is 5.97 Å². The molecule has 0 bridgehead atoms. The Balaban J connectivity index is 2.96. The van der Waals surface area contributed by atoms with Crippen LogP contribution >= 0.6 is 11.6 Å². The van der Waals surface area contributed by atoms with Crippen LogP contribution in [0, 0.1) is 0 Å². The lowest BCUT2D eigenvalue weighted by Crippen LogP contribution is -2.16. The Morgan fingerprint density at radius 3 is 2.59 bits per heavy atom. The number of nitrogens with one attached hydrogen (secondary N) is 1. The fraction of sp³-hybridized carbons (Fsp3) is 0.300. The van der Waals surface area contributed by atoms with E-state index in [9.17, 15) is 13.2 Å². The highest BCUT2D eigenvalue weighted by Gasteiger charge is 2.12. The van der Waals surface area contributed by atoms with Crippen LogP contribution in [0.4, 0.5) is 5.69 Å². The van der Waals surface area contributed by atoms with Gasteiger partial charge in [-0.1, -0.05) is 18.5 Å². The van der Waals surface area contributed by atoms with Crippen LogP contribution in [0.5, 0.6) is 0 Å². The molecule has 0 heterocycles. The smallest absolute Gasteiger partial charge is 0.337 e. The van der Waals surface area contributed by atoms with E-state index in [1.807, 2.05) is 0 Å². The van der Waals surface area contributed by atoms with E-state index in [-0.39, 0.29) is 22.0 Å². The molecule has 7 heteroatoms. The average molecular weight is 278 g/mol. The van der Waals surface area contributed by atoms with Crippen molar-refractivity contribution < 1.29 is 18.3 Å². The van der Waals surface area contributed by atoms with Crippen molar-refractivity contribution in [2.45, 2.75) is 13.3 Å². The molecular weight excluding hydrogens is 266 g/mol. The highest BCUT2D eigenvalue weighted by Crippen LogP contribution is 2.21. The van der Waals surface area contributed by atoms with Crippen LogP contribution in [-0.4, -0.2) is 25.2 Å². The molecule has 0 fully saturated rings. The Kier molecular flexibility index (Phi) is 4.36. The van der Waals surface area contributed by atoms with E-state index in [1.165, 1.54) is 18.2 Å². The van der Waals surface area contributed by atoms with Crippen LogP contribution in [0.25, 0.3) is 0 Å². The van der Waals surface area contributed by atoms with E-state index in [0.29, 0.717) is 6.42 Å². The van der Waals surface area contributed by atoms with Crippen molar-refractivity contribution in [2.24, 2.45) is 0 Å². The van der Waals surface area contributed by atoms with Gasteiger partial charge in [0.2, 0.25) is 10.0 Å². The normalized spacial score (nSPS) is 11.2. The highest BCUT2D eigenvalue weighted by atomic mass is 35.5. The monoisotopic (exact) mass is 277 g/mol. The minimum atomic E-state index is -3.39. The maximum atomic E-state index is 11.5. The fourth-order valence-electron chi connectivity index (χ4n) is 1.25. The summed E-state index contributed by atoms with van der Waals surface area (Å²) < 4.78 is 25.2. The number of anilines is 1. The second kappa shape index (κ2) is 5.37. The number of carboxylic acid groups (broad SMARTS) is 1. The Bertz CT molecular complexity index is 527. The number of rotatable bonds is 5. The molecule has 1 aromatic carbocycles. The van der Waals surface area contributed by atoms with Gasteiger partial charge in [-0.05, 0) is 24.6 Å². The maximum absolute atomic E-state index is 11.5. The van der Waals surface area contributed by atoms with Crippen molar-refractivity contribution in [1.82, 2.24) is 0 Å². The van der Waals surface area contributed by atoms with Gasteiger partial charge in [-0.3, -0.25) is 4.72 Å². The topological polar surface area (TPSA) is 83.5 Å². The quantitative estimate of drug-likeness (QED) is 0.864. The molecule has 0 amide bonds. The number of hydrogen-bond donors (Lipinski definition) is 2. The SMILES string of the molecule is CCCS(=O)(=O)Nc1ccc(C(=O)O)c(Cl)c1. The summed E-state index contributed by atoms with van der Waals surface area (Å²) in [6.07, 6.45) is 0.496. The van der Waals surface area contributed by atoms with Crippen LogP contribution in [0.3, 0.4) is 0 Å². The summed E-state index contributed by atoms with van der Waals surface area (Å²) in [5, 5.41) is 8.74. The lowest BCUT2D eigenvalue weighted by Gasteiger charge is -2.08. The molecule has 0 unspecified atom stereocenters. The molecule has 5 nitrogen and oxygen atoms in total. The summed E-state index contributed by atoms with van der Waals surface area (Å²) in [6.45, 7) is 1.75. The number of carbonyl (C=O) groups is 1. The predicted molar refractivity (Wildman–Crippen MR) is 66.1 cm³/mol. The molecule has 0 radical (unpaired) electrons. The summed E-state index contributed by atoms with van der Waals surface area (Å²) in [5.41, 5.74) is 0.193. The van der Waals surface area contributed by atoms with Crippen molar-refractivity contribution in [3.63, 3.8) is 0 Å². The third-order valence-electron chi connectivity index (χ3n) is 1.95. The lowest BCUT2D eigenvalue weighted by molar-refractivity contribution is 0.0697. The Labute approximate surface area is 104 Å². The third kappa shape index (κ3) is 3.90. The van der Waals surface area contributed by atoms with Gasteiger partial charge in [-0.2, -0.15) is 0 Å². The molecule has 1 rings (SSSR count). The van der Waals surface area contributed by atoms with Gasteiger partial charge in [0.15, 0.2) is 0 Å². The van der Waals surface area contributed by atoms with Crippen molar-refractivity contribution >= 4 is 33.3 Å². The number of hydrogen-bond acceptors (Lipinski definition) is 3. The van der Waals surface area contributed by atoms with Crippen molar-refractivity contribution in [3.05, 3.63) is 28.8 Å². The Morgan fingerprint density at radius 1 is 1.47 bits per heavy atom. The average Bonchev–Trinajstić information content (AvgIpc) is 2.15. The standard InChI is InChI=1S/C10H12ClNO4S/c1-2-5-17(15,16)12-7-3-4-8(10(13)14)9(11)6-7/h3-4,6,12H,2,5H2,1H3,(H,13,14). The van der Waals surface area contributed by atoms with Crippen LogP contribution in [0.1, 0.15) is 23.7 Å². The zero-order valence-electron chi connectivity index (χ0n) is 9.10. The van der Waals surface area contributed by atoms with Crippen molar-refractivity contribution in [1.29, 1.82) is 0 Å². The van der Waals surface area contributed by atoms with Gasteiger partial charge in [0, 0.05) is 5.69 Å². The first-order chi connectivity index (χ1) is 7.85. The summed E-state index contributed by atoms with van der Waals surface area (Å²) in [4.78, 5) is 10.7. The number of sulfonamides is 1. The first-order valence-electron chi connectivity index (χ1n) is 4.89. The molecule has 0 spiro atoms. The number of aromatic carboxylic acids is 1. The minimum absolute atomic E-state index is 0.00526. The molecular formula is C10H12ClNO4S. The van der Waals surface area contributed by atoms with Crippen LogP contribution < -0.4 is 4.72 Å². The van der Waals surface area contributed by atoms with E-state index in [1.54, 1.807) is 6.92 Å². The van der Waals surface area contributed by atoms with Gasteiger partial charge in [0.1, 0.15) is 0 Å². The molecule has 0 atom stereocenters.